The molecule has 1 unspecified atom stereocenters. The largest absolute Gasteiger partial charge is 0.490 e. The van der Waals surface area contributed by atoms with Crippen LogP contribution in [0.1, 0.15) is 48.0 Å². The average Bonchev–Trinajstić information content (AvgIpc) is 2.68. The van der Waals surface area contributed by atoms with Crippen LogP contribution in [0.2, 0.25) is 0 Å². The summed E-state index contributed by atoms with van der Waals surface area (Å²) < 4.78 is 6.09. The molecule has 3 nitrogen and oxygen atoms in total. The van der Waals surface area contributed by atoms with E-state index in [0.29, 0.717) is 12.5 Å². The molecule has 1 aromatic carbocycles. The molecule has 2 aliphatic rings. The van der Waals surface area contributed by atoms with Crippen molar-refractivity contribution < 1.29 is 9.53 Å². The fourth-order valence-corrected chi connectivity index (χ4v) is 2.99. The Labute approximate surface area is 114 Å². The lowest BCUT2D eigenvalue weighted by Gasteiger charge is -2.20. The minimum Gasteiger partial charge on any atom is -0.490 e. The number of fused-ring (bicyclic) bond motifs is 1. The first kappa shape index (κ1) is 12.7. The van der Waals surface area contributed by atoms with E-state index < -0.39 is 0 Å². The number of carbonyl (C=O) groups is 1. The number of nitrogens with one attached hydrogen (secondary N) is 1. The van der Waals surface area contributed by atoms with Crippen molar-refractivity contribution >= 4 is 5.78 Å². The first-order chi connectivity index (χ1) is 9.33. The highest BCUT2D eigenvalue weighted by Gasteiger charge is 2.19. The smallest absolute Gasteiger partial charge is 0.163 e. The number of ether oxygens (including phenoxy) is 1. The van der Waals surface area contributed by atoms with Crippen molar-refractivity contribution in [3.63, 3.8) is 0 Å². The number of Topliss-reactive ketones (excluding diaryl/α,β-unsaturated/α-hetero) is 1. The van der Waals surface area contributed by atoms with Crippen LogP contribution >= 0.6 is 0 Å². The Morgan fingerprint density at radius 1 is 1.11 bits per heavy atom. The molecule has 19 heavy (non-hydrogen) atoms. The molecule has 0 saturated carbocycles. The zero-order valence-corrected chi connectivity index (χ0v) is 11.3. The van der Waals surface area contributed by atoms with Gasteiger partial charge in [-0.2, -0.15) is 0 Å². The van der Waals surface area contributed by atoms with Gasteiger partial charge in [0.05, 0.1) is 6.10 Å². The van der Waals surface area contributed by atoms with Crippen molar-refractivity contribution in [2.75, 3.05) is 13.1 Å². The number of aryl methyl sites for hydroxylation is 1. The van der Waals surface area contributed by atoms with Crippen LogP contribution < -0.4 is 10.1 Å². The summed E-state index contributed by atoms with van der Waals surface area (Å²) in [5.74, 6) is 1.21. The summed E-state index contributed by atoms with van der Waals surface area (Å²) in [5, 5.41) is 3.39. The van der Waals surface area contributed by atoms with Crippen LogP contribution in [-0.4, -0.2) is 25.0 Å². The van der Waals surface area contributed by atoms with Crippen LogP contribution in [0.3, 0.4) is 0 Å². The first-order valence-electron chi connectivity index (χ1n) is 7.36. The molecule has 1 heterocycles. The zero-order valence-electron chi connectivity index (χ0n) is 11.3. The number of carbonyl (C=O) groups excluding carboxylic acids is 1. The van der Waals surface area contributed by atoms with Gasteiger partial charge in [0.2, 0.25) is 0 Å². The normalized spacial score (nSPS) is 23.6. The molecule has 0 bridgehead atoms. The Hall–Kier alpha value is -1.35. The van der Waals surface area contributed by atoms with Gasteiger partial charge in [-0.25, -0.2) is 0 Å². The SMILES string of the molecule is O=C1CCCc2cc(OC3CCCNCC3)ccc21. The van der Waals surface area contributed by atoms with Gasteiger partial charge in [0.15, 0.2) is 5.78 Å². The maximum atomic E-state index is 11.8. The van der Waals surface area contributed by atoms with Crippen molar-refractivity contribution in [2.45, 2.75) is 44.6 Å². The summed E-state index contributed by atoms with van der Waals surface area (Å²) >= 11 is 0. The minimum absolute atomic E-state index is 0.284. The van der Waals surface area contributed by atoms with Gasteiger partial charge in [0.1, 0.15) is 5.75 Å². The summed E-state index contributed by atoms with van der Waals surface area (Å²) in [6, 6.07) is 5.98. The predicted octanol–water partition coefficient (Wildman–Crippen LogP) is 2.73. The Balaban J connectivity index is 1.72. The molecule has 3 heteroatoms. The second-order valence-electron chi connectivity index (χ2n) is 5.52. The number of hydrogen-bond donors (Lipinski definition) is 1. The van der Waals surface area contributed by atoms with E-state index >= 15 is 0 Å². The van der Waals surface area contributed by atoms with Gasteiger partial charge in [0, 0.05) is 12.0 Å². The lowest BCUT2D eigenvalue weighted by Crippen LogP contribution is -2.19. The third-order valence-electron chi connectivity index (χ3n) is 4.05. The van der Waals surface area contributed by atoms with Crippen LogP contribution in [0, 0.1) is 0 Å². The van der Waals surface area contributed by atoms with Crippen LogP contribution in [0.4, 0.5) is 0 Å². The fraction of sp³-hybridized carbons (Fsp3) is 0.562. The summed E-state index contributed by atoms with van der Waals surface area (Å²) in [4.78, 5) is 11.8. The molecular weight excluding hydrogens is 238 g/mol. The van der Waals surface area contributed by atoms with Gasteiger partial charge in [-0.1, -0.05) is 0 Å². The summed E-state index contributed by atoms with van der Waals surface area (Å²) in [6.45, 7) is 2.13. The van der Waals surface area contributed by atoms with E-state index in [2.05, 4.69) is 11.4 Å². The van der Waals surface area contributed by atoms with Crippen LogP contribution in [-0.2, 0) is 6.42 Å². The Kier molecular flexibility index (Phi) is 3.83. The molecule has 0 spiro atoms. The first-order valence-corrected chi connectivity index (χ1v) is 7.36. The standard InChI is InChI=1S/C16H21NO2/c18-16-5-1-3-12-11-14(6-7-15(12)16)19-13-4-2-9-17-10-8-13/h6-7,11,13,17H,1-5,8-10H2. The Bertz CT molecular complexity index is 462. The predicted molar refractivity (Wildman–Crippen MR) is 74.8 cm³/mol. The third kappa shape index (κ3) is 2.98. The highest BCUT2D eigenvalue weighted by molar-refractivity contribution is 5.98. The van der Waals surface area contributed by atoms with E-state index in [-0.39, 0.29) is 5.78 Å². The van der Waals surface area contributed by atoms with Gasteiger partial charge in [0.25, 0.3) is 0 Å². The van der Waals surface area contributed by atoms with E-state index in [9.17, 15) is 4.79 Å². The molecule has 0 radical (unpaired) electrons. The second kappa shape index (κ2) is 5.74. The molecule has 3 rings (SSSR count). The molecule has 1 fully saturated rings. The van der Waals surface area contributed by atoms with Gasteiger partial charge in [-0.3, -0.25) is 4.79 Å². The molecule has 1 aromatic rings. The minimum atomic E-state index is 0.284. The molecule has 1 N–H and O–H groups in total. The quantitative estimate of drug-likeness (QED) is 0.887. The van der Waals surface area contributed by atoms with E-state index in [1.54, 1.807) is 0 Å². The maximum Gasteiger partial charge on any atom is 0.163 e. The van der Waals surface area contributed by atoms with Crippen LogP contribution in [0.25, 0.3) is 0 Å². The molecule has 0 amide bonds. The number of benzene rings is 1. The van der Waals surface area contributed by atoms with Crippen LogP contribution in [0.5, 0.6) is 5.75 Å². The highest BCUT2D eigenvalue weighted by Crippen LogP contribution is 2.26. The molecule has 102 valence electrons. The highest BCUT2D eigenvalue weighted by atomic mass is 16.5. The Morgan fingerprint density at radius 2 is 2.05 bits per heavy atom. The summed E-state index contributed by atoms with van der Waals surface area (Å²) in [7, 11) is 0. The maximum absolute atomic E-state index is 11.8. The van der Waals surface area contributed by atoms with E-state index in [1.165, 1.54) is 12.0 Å². The summed E-state index contributed by atoms with van der Waals surface area (Å²) in [5.41, 5.74) is 2.07. The molecule has 0 aromatic heterocycles. The van der Waals surface area contributed by atoms with Crippen molar-refractivity contribution in [1.29, 1.82) is 0 Å². The zero-order chi connectivity index (χ0) is 13.1. The van der Waals surface area contributed by atoms with Gasteiger partial charge >= 0.3 is 0 Å². The molecule has 1 saturated heterocycles. The van der Waals surface area contributed by atoms with Crippen molar-refractivity contribution in [3.8, 4) is 5.75 Å². The molecular formula is C16H21NO2. The second-order valence-corrected chi connectivity index (χ2v) is 5.52. The van der Waals surface area contributed by atoms with Gasteiger partial charge in [-0.05, 0) is 69.0 Å². The molecule has 1 atom stereocenters. The van der Waals surface area contributed by atoms with E-state index in [4.69, 9.17) is 4.74 Å². The lowest BCUT2D eigenvalue weighted by atomic mass is 9.90. The van der Waals surface area contributed by atoms with Crippen molar-refractivity contribution in [2.24, 2.45) is 0 Å². The third-order valence-corrected chi connectivity index (χ3v) is 4.05. The molecule has 1 aliphatic carbocycles. The summed E-state index contributed by atoms with van der Waals surface area (Å²) in [6.07, 6.45) is 6.34. The van der Waals surface area contributed by atoms with Gasteiger partial charge in [-0.15, -0.1) is 0 Å². The molecule has 1 aliphatic heterocycles. The van der Waals surface area contributed by atoms with Crippen molar-refractivity contribution in [3.05, 3.63) is 29.3 Å². The Morgan fingerprint density at radius 3 is 3.00 bits per heavy atom. The lowest BCUT2D eigenvalue weighted by molar-refractivity contribution is 0.0972. The number of rotatable bonds is 2. The van der Waals surface area contributed by atoms with Crippen LogP contribution in [0.15, 0.2) is 18.2 Å². The van der Waals surface area contributed by atoms with E-state index in [0.717, 1.165) is 50.1 Å². The topological polar surface area (TPSA) is 38.3 Å². The monoisotopic (exact) mass is 259 g/mol. The van der Waals surface area contributed by atoms with E-state index in [1.807, 2.05) is 12.1 Å². The number of ketones is 1. The average molecular weight is 259 g/mol. The van der Waals surface area contributed by atoms with Crippen molar-refractivity contribution in [1.82, 2.24) is 5.32 Å². The fourth-order valence-electron chi connectivity index (χ4n) is 2.99. The van der Waals surface area contributed by atoms with Gasteiger partial charge < -0.3 is 10.1 Å². The number of hydrogen-bond acceptors (Lipinski definition) is 3.